The monoisotopic (exact) mass is 437 g/mol. The highest BCUT2D eigenvalue weighted by Crippen LogP contribution is 2.30. The molecule has 2 N–H and O–H groups in total. The Kier molecular flexibility index (Phi) is 7.39. The Labute approximate surface area is 178 Å². The van der Waals surface area contributed by atoms with Crippen LogP contribution in [-0.4, -0.2) is 59.7 Å². The SMILES string of the molecule is CC(C)(CC(=O)O)c1csc(NC(=O)c2sccc2CCCN2CCOCC2)n1. The standard InChI is InChI=1S/C20H27N3O4S2/c1-20(2,12-16(24)25)15-13-29-19(21-15)22-18(26)17-14(5-11-28-17)4-3-6-23-7-9-27-10-8-23/h5,11,13H,3-4,6-10,12H2,1-2H3,(H,24,25)(H,21,22,26). The lowest BCUT2D eigenvalue weighted by Gasteiger charge is -2.26. The number of carboxylic acids is 1. The van der Waals surface area contributed by atoms with Crippen molar-refractivity contribution in [3.05, 3.63) is 33.0 Å². The minimum Gasteiger partial charge on any atom is -0.481 e. The van der Waals surface area contributed by atoms with Gasteiger partial charge in [-0.05, 0) is 36.4 Å². The molecule has 0 saturated carbocycles. The molecule has 29 heavy (non-hydrogen) atoms. The number of ether oxygens (including phenoxy) is 1. The van der Waals surface area contributed by atoms with Gasteiger partial charge in [0.1, 0.15) is 0 Å². The van der Waals surface area contributed by atoms with Crippen molar-refractivity contribution in [2.24, 2.45) is 0 Å². The fourth-order valence-corrected chi connectivity index (χ4v) is 5.06. The molecular formula is C20H27N3O4S2. The summed E-state index contributed by atoms with van der Waals surface area (Å²) in [4.78, 5) is 31.4. The van der Waals surface area contributed by atoms with Crippen molar-refractivity contribution in [1.82, 2.24) is 9.88 Å². The maximum atomic E-state index is 12.7. The lowest BCUT2D eigenvalue weighted by molar-refractivity contribution is -0.138. The van der Waals surface area contributed by atoms with E-state index in [2.05, 4.69) is 15.2 Å². The van der Waals surface area contributed by atoms with Gasteiger partial charge in [0.25, 0.3) is 5.91 Å². The highest BCUT2D eigenvalue weighted by Gasteiger charge is 2.27. The number of aliphatic carboxylic acids is 1. The quantitative estimate of drug-likeness (QED) is 0.624. The molecule has 0 aliphatic carbocycles. The summed E-state index contributed by atoms with van der Waals surface area (Å²) in [5, 5.41) is 16.2. The fraction of sp³-hybridized carbons (Fsp3) is 0.550. The van der Waals surface area contributed by atoms with Crippen molar-refractivity contribution in [1.29, 1.82) is 0 Å². The number of anilines is 1. The predicted molar refractivity (Wildman–Crippen MR) is 115 cm³/mol. The first-order valence-corrected chi connectivity index (χ1v) is 11.5. The van der Waals surface area contributed by atoms with Crippen LogP contribution >= 0.6 is 22.7 Å². The normalized spacial score (nSPS) is 15.4. The number of thiophene rings is 1. The molecule has 0 bridgehead atoms. The van der Waals surface area contributed by atoms with E-state index in [1.54, 1.807) is 0 Å². The molecule has 1 aliphatic rings. The second-order valence-corrected chi connectivity index (χ2v) is 9.55. The van der Waals surface area contributed by atoms with Crippen LogP contribution in [0.3, 0.4) is 0 Å². The lowest BCUT2D eigenvalue weighted by Crippen LogP contribution is -2.36. The minimum absolute atomic E-state index is 0.0116. The topological polar surface area (TPSA) is 91.8 Å². The first kappa shape index (κ1) is 21.9. The molecule has 0 unspecified atom stereocenters. The van der Waals surface area contributed by atoms with E-state index in [9.17, 15) is 9.59 Å². The highest BCUT2D eigenvalue weighted by atomic mass is 32.1. The van der Waals surface area contributed by atoms with Gasteiger partial charge in [0.15, 0.2) is 5.13 Å². The second kappa shape index (κ2) is 9.80. The Morgan fingerprint density at radius 1 is 1.31 bits per heavy atom. The fourth-order valence-electron chi connectivity index (χ4n) is 3.31. The Bertz CT molecular complexity index is 840. The van der Waals surface area contributed by atoms with Gasteiger partial charge in [-0.1, -0.05) is 13.8 Å². The van der Waals surface area contributed by atoms with E-state index in [1.165, 1.54) is 22.7 Å². The van der Waals surface area contributed by atoms with Gasteiger partial charge in [-0.3, -0.25) is 19.8 Å². The van der Waals surface area contributed by atoms with Crippen molar-refractivity contribution in [2.45, 2.75) is 38.5 Å². The van der Waals surface area contributed by atoms with Gasteiger partial charge in [0, 0.05) is 23.9 Å². The number of carbonyl (C=O) groups is 2. The summed E-state index contributed by atoms with van der Waals surface area (Å²) in [5.74, 6) is -1.02. The molecule has 1 amide bonds. The summed E-state index contributed by atoms with van der Waals surface area (Å²) in [7, 11) is 0. The number of hydrogen-bond acceptors (Lipinski definition) is 7. The summed E-state index contributed by atoms with van der Waals surface area (Å²) in [6.07, 6.45) is 1.85. The maximum absolute atomic E-state index is 12.7. The van der Waals surface area contributed by atoms with Crippen LogP contribution in [0.5, 0.6) is 0 Å². The average molecular weight is 438 g/mol. The molecule has 9 heteroatoms. The van der Waals surface area contributed by atoms with Gasteiger partial charge in [-0.25, -0.2) is 4.98 Å². The van der Waals surface area contributed by atoms with Crippen LogP contribution in [-0.2, 0) is 21.4 Å². The van der Waals surface area contributed by atoms with Gasteiger partial charge in [-0.15, -0.1) is 22.7 Å². The zero-order valence-electron chi connectivity index (χ0n) is 16.8. The van der Waals surface area contributed by atoms with Gasteiger partial charge >= 0.3 is 5.97 Å². The summed E-state index contributed by atoms with van der Waals surface area (Å²) in [6, 6.07) is 2.02. The second-order valence-electron chi connectivity index (χ2n) is 7.78. The molecule has 3 rings (SSSR count). The van der Waals surface area contributed by atoms with E-state index in [1.807, 2.05) is 30.7 Å². The summed E-state index contributed by atoms with van der Waals surface area (Å²) in [5.41, 5.74) is 1.15. The summed E-state index contributed by atoms with van der Waals surface area (Å²) in [6.45, 7) is 8.23. The van der Waals surface area contributed by atoms with Crippen LogP contribution in [0, 0.1) is 0 Å². The number of aryl methyl sites for hydroxylation is 1. The summed E-state index contributed by atoms with van der Waals surface area (Å²) >= 11 is 2.76. The predicted octanol–water partition coefficient (Wildman–Crippen LogP) is 3.47. The largest absolute Gasteiger partial charge is 0.481 e. The van der Waals surface area contributed by atoms with Crippen molar-refractivity contribution < 1.29 is 19.4 Å². The molecule has 1 aliphatic heterocycles. The number of nitrogens with one attached hydrogen (secondary N) is 1. The number of thiazole rings is 1. The van der Waals surface area contributed by atoms with Crippen molar-refractivity contribution in [3.63, 3.8) is 0 Å². The average Bonchev–Trinajstić information content (AvgIpc) is 3.31. The number of carbonyl (C=O) groups excluding carboxylic acids is 1. The Hall–Kier alpha value is -1.81. The van der Waals surface area contributed by atoms with Crippen LogP contribution in [0.4, 0.5) is 5.13 Å². The van der Waals surface area contributed by atoms with E-state index in [0.29, 0.717) is 15.7 Å². The molecule has 158 valence electrons. The van der Waals surface area contributed by atoms with Crippen LogP contribution in [0.1, 0.15) is 47.6 Å². The highest BCUT2D eigenvalue weighted by molar-refractivity contribution is 7.14. The molecule has 1 fully saturated rings. The molecule has 1 saturated heterocycles. The number of aromatic nitrogens is 1. The van der Waals surface area contributed by atoms with Crippen molar-refractivity contribution >= 4 is 39.7 Å². The maximum Gasteiger partial charge on any atom is 0.304 e. The Morgan fingerprint density at radius 2 is 2.07 bits per heavy atom. The molecule has 0 aromatic carbocycles. The van der Waals surface area contributed by atoms with Crippen molar-refractivity contribution in [2.75, 3.05) is 38.2 Å². The first-order chi connectivity index (χ1) is 13.8. The summed E-state index contributed by atoms with van der Waals surface area (Å²) < 4.78 is 5.37. The van der Waals surface area contributed by atoms with E-state index in [0.717, 1.165) is 51.3 Å². The number of rotatable bonds is 9. The molecule has 2 aromatic rings. The molecule has 0 atom stereocenters. The smallest absolute Gasteiger partial charge is 0.304 e. The molecule has 3 heterocycles. The minimum atomic E-state index is -0.867. The third-order valence-electron chi connectivity index (χ3n) is 4.99. The number of nitrogens with zero attached hydrogens (tertiary/aromatic N) is 2. The van der Waals surface area contributed by atoms with Gasteiger partial charge in [-0.2, -0.15) is 0 Å². The third kappa shape index (κ3) is 6.08. The Morgan fingerprint density at radius 3 is 2.79 bits per heavy atom. The third-order valence-corrected chi connectivity index (χ3v) is 6.70. The molecular weight excluding hydrogens is 410 g/mol. The number of hydrogen-bond donors (Lipinski definition) is 2. The van der Waals surface area contributed by atoms with Crippen LogP contribution in [0.2, 0.25) is 0 Å². The van der Waals surface area contributed by atoms with Gasteiger partial charge in [0.05, 0.1) is 30.2 Å². The zero-order chi connectivity index (χ0) is 20.9. The Balaban J connectivity index is 1.56. The number of carboxylic acid groups (broad SMARTS) is 1. The van der Waals surface area contributed by atoms with Crippen molar-refractivity contribution in [3.8, 4) is 0 Å². The molecule has 0 radical (unpaired) electrons. The molecule has 2 aromatic heterocycles. The number of morpholine rings is 1. The molecule has 0 spiro atoms. The first-order valence-electron chi connectivity index (χ1n) is 9.71. The van der Waals surface area contributed by atoms with Crippen LogP contribution < -0.4 is 5.32 Å². The zero-order valence-corrected chi connectivity index (χ0v) is 18.4. The van der Waals surface area contributed by atoms with E-state index in [4.69, 9.17) is 9.84 Å². The van der Waals surface area contributed by atoms with Crippen LogP contribution in [0.25, 0.3) is 0 Å². The van der Waals surface area contributed by atoms with Gasteiger partial charge < -0.3 is 9.84 Å². The van der Waals surface area contributed by atoms with E-state index in [-0.39, 0.29) is 12.3 Å². The lowest BCUT2D eigenvalue weighted by atomic mass is 9.86. The number of amides is 1. The van der Waals surface area contributed by atoms with Gasteiger partial charge in [0.2, 0.25) is 0 Å². The molecule has 7 nitrogen and oxygen atoms in total. The van der Waals surface area contributed by atoms with Crippen LogP contribution in [0.15, 0.2) is 16.8 Å². The van der Waals surface area contributed by atoms with E-state index >= 15 is 0 Å². The van der Waals surface area contributed by atoms with E-state index < -0.39 is 11.4 Å².